The van der Waals surface area contributed by atoms with Crippen LogP contribution in [0.4, 0.5) is 0 Å². The van der Waals surface area contributed by atoms with E-state index in [1.54, 1.807) is 5.56 Å². The number of phenols is 1. The minimum absolute atomic E-state index is 0.435. The number of hydrogen-bond acceptors (Lipinski definition) is 2. The lowest BCUT2D eigenvalue weighted by molar-refractivity contribution is 0.0113. The van der Waals surface area contributed by atoms with Gasteiger partial charge in [0.1, 0.15) is 5.75 Å². The fourth-order valence-electron chi connectivity index (χ4n) is 8.28. The predicted molar refractivity (Wildman–Crippen MR) is 113 cm³/mol. The molecule has 0 radical (unpaired) electrons. The molecule has 1 aromatic carbocycles. The molecule has 3 saturated carbocycles. The molecule has 6 atom stereocenters. The van der Waals surface area contributed by atoms with Crippen molar-refractivity contribution in [3.8, 4) is 5.75 Å². The lowest BCUT2D eigenvalue weighted by Crippen LogP contribution is -2.43. The maximum atomic E-state index is 10.1. The highest BCUT2D eigenvalue weighted by Gasteiger charge is 2.70. The van der Waals surface area contributed by atoms with Gasteiger partial charge in [0.2, 0.25) is 0 Å². The average Bonchev–Trinajstić information content (AvgIpc) is 3.25. The predicted octanol–water partition coefficient (Wildman–Crippen LogP) is 6.20. The Bertz CT molecular complexity index is 762. The number of aromatic hydroxyl groups is 1. The van der Waals surface area contributed by atoms with Crippen molar-refractivity contribution in [1.29, 1.82) is 0 Å². The van der Waals surface area contributed by atoms with Gasteiger partial charge >= 0.3 is 0 Å². The lowest BCUT2D eigenvalue weighted by atomic mass is 9.53. The summed E-state index contributed by atoms with van der Waals surface area (Å²) in [6.07, 6.45) is 13.0. The Morgan fingerprint density at radius 3 is 2.75 bits per heavy atom. The van der Waals surface area contributed by atoms with Crippen LogP contribution in [0.1, 0.15) is 95.6 Å². The van der Waals surface area contributed by atoms with Crippen LogP contribution in [0.3, 0.4) is 0 Å². The molecular weight excluding hydrogens is 344 g/mol. The maximum Gasteiger partial charge on any atom is 0.115 e. The van der Waals surface area contributed by atoms with Crippen molar-refractivity contribution in [1.82, 2.24) is 0 Å². The zero-order valence-electron chi connectivity index (χ0n) is 18.0. The van der Waals surface area contributed by atoms with Crippen molar-refractivity contribution in [3.05, 3.63) is 29.3 Å². The summed E-state index contributed by atoms with van der Waals surface area (Å²) < 4.78 is 0. The van der Waals surface area contributed by atoms with E-state index in [0.29, 0.717) is 16.6 Å². The van der Waals surface area contributed by atoms with Gasteiger partial charge < -0.3 is 10.2 Å². The Balaban J connectivity index is 1.32. The second-order valence-corrected chi connectivity index (χ2v) is 11.6. The Morgan fingerprint density at radius 1 is 1.14 bits per heavy atom. The molecule has 1 aromatic rings. The molecule has 0 amide bonds. The molecule has 5 rings (SSSR count). The van der Waals surface area contributed by atoms with Gasteiger partial charge in [0.25, 0.3) is 0 Å². The van der Waals surface area contributed by atoms with Crippen LogP contribution in [0.25, 0.3) is 0 Å². The van der Waals surface area contributed by atoms with Gasteiger partial charge in [-0.05, 0) is 129 Å². The third-order valence-corrected chi connectivity index (χ3v) is 9.71. The Kier molecular flexibility index (Phi) is 4.23. The third-order valence-electron chi connectivity index (χ3n) is 9.71. The number of rotatable bonds is 4. The summed E-state index contributed by atoms with van der Waals surface area (Å²) in [6.45, 7) is 6.55. The summed E-state index contributed by atoms with van der Waals surface area (Å²) in [6, 6.07) is 6.16. The van der Waals surface area contributed by atoms with E-state index in [1.165, 1.54) is 56.9 Å². The summed E-state index contributed by atoms with van der Waals surface area (Å²) in [5.74, 6) is 3.82. The molecule has 3 fully saturated rings. The van der Waals surface area contributed by atoms with Crippen LogP contribution in [0.2, 0.25) is 0 Å². The number of fused-ring (bicyclic) bond motifs is 6. The molecule has 0 saturated heterocycles. The van der Waals surface area contributed by atoms with Gasteiger partial charge in [0.15, 0.2) is 0 Å². The Hall–Kier alpha value is -1.02. The van der Waals surface area contributed by atoms with Crippen molar-refractivity contribution in [2.75, 3.05) is 0 Å². The van der Waals surface area contributed by atoms with Crippen LogP contribution < -0.4 is 0 Å². The molecule has 0 unspecified atom stereocenters. The first kappa shape index (κ1) is 19.0. The van der Waals surface area contributed by atoms with Gasteiger partial charge in [-0.2, -0.15) is 0 Å². The van der Waals surface area contributed by atoms with E-state index in [2.05, 4.69) is 13.0 Å². The highest BCUT2D eigenvalue weighted by Crippen LogP contribution is 2.79. The molecule has 4 aliphatic carbocycles. The first-order valence-corrected chi connectivity index (χ1v) is 11.8. The van der Waals surface area contributed by atoms with E-state index in [9.17, 15) is 10.2 Å². The molecule has 0 aliphatic heterocycles. The van der Waals surface area contributed by atoms with Crippen LogP contribution in [0.15, 0.2) is 18.2 Å². The third kappa shape index (κ3) is 2.77. The van der Waals surface area contributed by atoms with Crippen LogP contribution in [0.5, 0.6) is 5.75 Å². The molecule has 2 heteroatoms. The molecule has 0 aromatic heterocycles. The fourth-order valence-corrected chi connectivity index (χ4v) is 8.28. The molecule has 1 spiro atoms. The molecule has 0 heterocycles. The van der Waals surface area contributed by atoms with E-state index in [0.717, 1.165) is 36.5 Å². The molecule has 28 heavy (non-hydrogen) atoms. The summed E-state index contributed by atoms with van der Waals surface area (Å²) in [7, 11) is 0. The highest BCUT2D eigenvalue weighted by atomic mass is 16.3. The second-order valence-electron chi connectivity index (χ2n) is 11.6. The largest absolute Gasteiger partial charge is 0.508 e. The van der Waals surface area contributed by atoms with Gasteiger partial charge in [-0.1, -0.05) is 19.4 Å². The van der Waals surface area contributed by atoms with Crippen LogP contribution in [0, 0.1) is 28.6 Å². The highest BCUT2D eigenvalue weighted by molar-refractivity contribution is 5.40. The van der Waals surface area contributed by atoms with Gasteiger partial charge in [-0.3, -0.25) is 0 Å². The van der Waals surface area contributed by atoms with E-state index < -0.39 is 5.60 Å². The average molecular weight is 383 g/mol. The zero-order valence-corrected chi connectivity index (χ0v) is 18.0. The number of aryl methyl sites for hydroxylation is 1. The van der Waals surface area contributed by atoms with E-state index in [4.69, 9.17) is 0 Å². The monoisotopic (exact) mass is 382 g/mol. The summed E-state index contributed by atoms with van der Waals surface area (Å²) >= 11 is 0. The minimum Gasteiger partial charge on any atom is -0.508 e. The number of phenolic OH excluding ortho intramolecular Hbond substituents is 1. The second kappa shape index (κ2) is 6.24. The molecule has 2 nitrogen and oxygen atoms in total. The van der Waals surface area contributed by atoms with Gasteiger partial charge in [0, 0.05) is 0 Å². The smallest absolute Gasteiger partial charge is 0.115 e. The molecule has 4 aliphatic rings. The summed E-state index contributed by atoms with van der Waals surface area (Å²) in [5.41, 5.74) is 3.62. The molecule has 154 valence electrons. The normalized spacial score (nSPS) is 41.4. The lowest BCUT2D eigenvalue weighted by Gasteiger charge is -2.51. The zero-order chi connectivity index (χ0) is 19.7. The van der Waals surface area contributed by atoms with Gasteiger partial charge in [0.05, 0.1) is 5.60 Å². The standard InChI is InChI=1S/C26H38O2/c1-24(2,28)12-4-5-18-16-26(18)14-11-23-22-8-6-17-15-19(27)7-9-20(17)21(22)10-13-25(23,26)3/h7,9,15,18,21-23,27-28H,4-6,8,10-14,16H2,1-3H3/t18-,21-,22-,23+,25+,26+/m1/s1. The van der Waals surface area contributed by atoms with Crippen LogP contribution in [-0.4, -0.2) is 15.8 Å². The SMILES string of the molecule is CC(C)(O)CCC[C@@H]1C[C@@]12CC[C@H]1[C@@H]3CCc4cc(O)ccc4[C@H]3CC[C@@]12C. The minimum atomic E-state index is -0.508. The van der Waals surface area contributed by atoms with E-state index in [1.807, 2.05) is 26.0 Å². The van der Waals surface area contributed by atoms with Crippen molar-refractivity contribution >= 4 is 0 Å². The first-order chi connectivity index (χ1) is 13.2. The van der Waals surface area contributed by atoms with E-state index in [-0.39, 0.29) is 0 Å². The Labute approximate surface area is 170 Å². The van der Waals surface area contributed by atoms with Crippen LogP contribution in [-0.2, 0) is 6.42 Å². The van der Waals surface area contributed by atoms with Crippen molar-refractivity contribution in [2.24, 2.45) is 28.6 Å². The van der Waals surface area contributed by atoms with Crippen molar-refractivity contribution in [2.45, 2.75) is 96.5 Å². The van der Waals surface area contributed by atoms with Gasteiger partial charge in [-0.15, -0.1) is 0 Å². The summed E-state index contributed by atoms with van der Waals surface area (Å²) in [4.78, 5) is 0. The van der Waals surface area contributed by atoms with Crippen molar-refractivity contribution in [3.63, 3.8) is 0 Å². The van der Waals surface area contributed by atoms with Gasteiger partial charge in [-0.25, -0.2) is 0 Å². The molecular formula is C26H38O2. The Morgan fingerprint density at radius 2 is 1.96 bits per heavy atom. The molecule has 2 N–H and O–H groups in total. The number of benzene rings is 1. The van der Waals surface area contributed by atoms with Crippen LogP contribution >= 0.6 is 0 Å². The van der Waals surface area contributed by atoms with E-state index >= 15 is 0 Å². The summed E-state index contributed by atoms with van der Waals surface area (Å²) in [5, 5.41) is 19.9. The number of hydrogen-bond donors (Lipinski definition) is 2. The first-order valence-electron chi connectivity index (χ1n) is 11.8. The van der Waals surface area contributed by atoms with Crippen molar-refractivity contribution < 1.29 is 10.2 Å². The fraction of sp³-hybridized carbons (Fsp3) is 0.769. The number of aliphatic hydroxyl groups is 1. The maximum absolute atomic E-state index is 10.1. The molecule has 0 bridgehead atoms. The topological polar surface area (TPSA) is 40.5 Å². The quantitative estimate of drug-likeness (QED) is 0.651.